The van der Waals surface area contributed by atoms with Gasteiger partial charge in [-0.3, -0.25) is 4.79 Å². The first kappa shape index (κ1) is 9.15. The number of aliphatic hydroxyl groups is 1. The van der Waals surface area contributed by atoms with E-state index in [0.717, 1.165) is 5.01 Å². The molecule has 5 heteroatoms. The van der Waals surface area contributed by atoms with Crippen molar-refractivity contribution in [3.8, 4) is 0 Å². The van der Waals surface area contributed by atoms with E-state index in [1.807, 2.05) is 6.92 Å². The number of thiazole rings is 1. The molecule has 1 atom stereocenters. The van der Waals surface area contributed by atoms with Crippen LogP contribution in [-0.2, 0) is 4.79 Å². The maximum Gasteiger partial charge on any atom is 0.253 e. The van der Waals surface area contributed by atoms with Crippen LogP contribution in [0.4, 0.5) is 5.00 Å². The summed E-state index contributed by atoms with van der Waals surface area (Å²) in [5.74, 6) is -0.404. The van der Waals surface area contributed by atoms with Gasteiger partial charge in [-0.15, -0.1) is 11.3 Å². The summed E-state index contributed by atoms with van der Waals surface area (Å²) in [4.78, 5) is 14.9. The van der Waals surface area contributed by atoms with Gasteiger partial charge < -0.3 is 10.4 Å². The number of nitrogens with one attached hydrogen (secondary N) is 1. The van der Waals surface area contributed by atoms with E-state index in [0.29, 0.717) is 5.00 Å². The maximum atomic E-state index is 10.9. The van der Waals surface area contributed by atoms with Gasteiger partial charge in [0.05, 0.1) is 11.2 Å². The second kappa shape index (κ2) is 3.64. The van der Waals surface area contributed by atoms with Crippen molar-refractivity contribution < 1.29 is 9.90 Å². The van der Waals surface area contributed by atoms with Crippen LogP contribution in [0.2, 0.25) is 0 Å². The molecule has 0 aromatic carbocycles. The zero-order valence-electron chi connectivity index (χ0n) is 6.87. The fourth-order valence-electron chi connectivity index (χ4n) is 0.645. The van der Waals surface area contributed by atoms with E-state index in [9.17, 15) is 4.79 Å². The van der Waals surface area contributed by atoms with Crippen molar-refractivity contribution in [2.45, 2.75) is 20.0 Å². The summed E-state index contributed by atoms with van der Waals surface area (Å²) in [5.41, 5.74) is 0. The molecule has 1 aromatic rings. The van der Waals surface area contributed by atoms with Gasteiger partial charge in [-0.05, 0) is 13.8 Å². The standard InChI is InChI=1S/C7H10N2O2S/c1-4(10)7(11)9-6-3-8-5(2)12-6/h3-4,10H,1-2H3,(H,9,11)/t4-/m0/s1. The van der Waals surface area contributed by atoms with E-state index in [-0.39, 0.29) is 0 Å². The van der Waals surface area contributed by atoms with Gasteiger partial charge in [-0.2, -0.15) is 0 Å². The molecular formula is C7H10N2O2S. The third-order valence-corrected chi connectivity index (χ3v) is 2.08. The average Bonchev–Trinajstić information content (AvgIpc) is 2.35. The van der Waals surface area contributed by atoms with Gasteiger partial charge in [0.15, 0.2) is 0 Å². The second-order valence-electron chi connectivity index (χ2n) is 2.41. The van der Waals surface area contributed by atoms with E-state index in [1.165, 1.54) is 18.3 Å². The highest BCUT2D eigenvalue weighted by atomic mass is 32.1. The molecule has 66 valence electrons. The summed E-state index contributed by atoms with van der Waals surface area (Å²) < 4.78 is 0. The third kappa shape index (κ3) is 2.28. The fraction of sp³-hybridized carbons (Fsp3) is 0.429. The van der Waals surface area contributed by atoms with E-state index >= 15 is 0 Å². The highest BCUT2D eigenvalue weighted by Gasteiger charge is 2.09. The normalized spacial score (nSPS) is 12.6. The molecule has 12 heavy (non-hydrogen) atoms. The van der Waals surface area contributed by atoms with Crippen LogP contribution >= 0.6 is 11.3 Å². The Morgan fingerprint density at radius 3 is 2.92 bits per heavy atom. The van der Waals surface area contributed by atoms with Crippen LogP contribution in [0.1, 0.15) is 11.9 Å². The van der Waals surface area contributed by atoms with Gasteiger partial charge in [0.25, 0.3) is 5.91 Å². The number of rotatable bonds is 2. The Hall–Kier alpha value is -0.940. The van der Waals surface area contributed by atoms with Gasteiger partial charge in [-0.25, -0.2) is 4.98 Å². The highest BCUT2D eigenvalue weighted by molar-refractivity contribution is 7.15. The Balaban J connectivity index is 2.58. The Morgan fingerprint density at radius 2 is 2.50 bits per heavy atom. The number of nitrogens with zero attached hydrogens (tertiary/aromatic N) is 1. The lowest BCUT2D eigenvalue weighted by atomic mass is 10.4. The first-order chi connectivity index (χ1) is 5.59. The van der Waals surface area contributed by atoms with Gasteiger partial charge in [0.1, 0.15) is 11.1 Å². The van der Waals surface area contributed by atoms with Gasteiger partial charge >= 0.3 is 0 Å². The van der Waals surface area contributed by atoms with Crippen LogP contribution in [0.15, 0.2) is 6.20 Å². The molecule has 1 heterocycles. The molecule has 0 bridgehead atoms. The number of aliphatic hydroxyl groups excluding tert-OH is 1. The molecule has 0 spiro atoms. The summed E-state index contributed by atoms with van der Waals surface area (Å²) in [5, 5.41) is 12.9. The van der Waals surface area contributed by atoms with E-state index < -0.39 is 12.0 Å². The number of carbonyl (C=O) groups is 1. The molecule has 0 fully saturated rings. The van der Waals surface area contributed by atoms with Gasteiger partial charge in [0, 0.05) is 0 Å². The zero-order chi connectivity index (χ0) is 9.14. The summed E-state index contributed by atoms with van der Waals surface area (Å²) >= 11 is 1.38. The SMILES string of the molecule is Cc1ncc(NC(=O)[C@H](C)O)s1. The second-order valence-corrected chi connectivity index (χ2v) is 3.64. The van der Waals surface area contributed by atoms with Crippen LogP contribution in [-0.4, -0.2) is 22.1 Å². The molecular weight excluding hydrogens is 176 g/mol. The Kier molecular flexibility index (Phi) is 2.78. The van der Waals surface area contributed by atoms with Crippen molar-refractivity contribution in [1.82, 2.24) is 4.98 Å². The van der Waals surface area contributed by atoms with Gasteiger partial charge in [0.2, 0.25) is 0 Å². The maximum absolute atomic E-state index is 10.9. The Morgan fingerprint density at radius 1 is 1.83 bits per heavy atom. The number of hydrogen-bond donors (Lipinski definition) is 2. The molecule has 0 aliphatic rings. The van der Waals surface area contributed by atoms with Crippen molar-refractivity contribution in [1.29, 1.82) is 0 Å². The zero-order valence-corrected chi connectivity index (χ0v) is 7.68. The van der Waals surface area contributed by atoms with E-state index in [2.05, 4.69) is 10.3 Å². The lowest BCUT2D eigenvalue weighted by molar-refractivity contribution is -0.123. The molecule has 0 aliphatic carbocycles. The number of hydrogen-bond acceptors (Lipinski definition) is 4. The molecule has 0 unspecified atom stereocenters. The van der Waals surface area contributed by atoms with Crippen LogP contribution < -0.4 is 5.32 Å². The third-order valence-electron chi connectivity index (χ3n) is 1.25. The lowest BCUT2D eigenvalue weighted by Gasteiger charge is -2.02. The van der Waals surface area contributed by atoms with Crippen molar-refractivity contribution >= 4 is 22.2 Å². The van der Waals surface area contributed by atoms with E-state index in [1.54, 1.807) is 6.20 Å². The lowest BCUT2D eigenvalue weighted by Crippen LogP contribution is -2.23. The summed E-state index contributed by atoms with van der Waals surface area (Å²) in [6, 6.07) is 0. The van der Waals surface area contributed by atoms with Crippen LogP contribution in [0.3, 0.4) is 0 Å². The highest BCUT2D eigenvalue weighted by Crippen LogP contribution is 2.17. The molecule has 0 aliphatic heterocycles. The molecule has 2 N–H and O–H groups in total. The minimum Gasteiger partial charge on any atom is -0.384 e. The monoisotopic (exact) mass is 186 g/mol. The molecule has 1 amide bonds. The average molecular weight is 186 g/mol. The predicted molar refractivity (Wildman–Crippen MR) is 47.2 cm³/mol. The number of aryl methyl sites for hydroxylation is 1. The van der Waals surface area contributed by atoms with Crippen molar-refractivity contribution in [2.75, 3.05) is 5.32 Å². The topological polar surface area (TPSA) is 62.2 Å². The number of carbonyl (C=O) groups excluding carboxylic acids is 1. The minimum atomic E-state index is -0.979. The number of aromatic nitrogens is 1. The number of amides is 1. The molecule has 4 nitrogen and oxygen atoms in total. The Bertz CT molecular complexity index is 283. The van der Waals surface area contributed by atoms with Crippen molar-refractivity contribution in [3.05, 3.63) is 11.2 Å². The molecule has 1 aromatic heterocycles. The van der Waals surface area contributed by atoms with Crippen LogP contribution in [0.5, 0.6) is 0 Å². The summed E-state index contributed by atoms with van der Waals surface area (Å²) in [6.07, 6.45) is 0.590. The first-order valence-corrected chi connectivity index (χ1v) is 4.32. The molecule has 0 saturated heterocycles. The smallest absolute Gasteiger partial charge is 0.253 e. The van der Waals surface area contributed by atoms with Gasteiger partial charge in [-0.1, -0.05) is 0 Å². The quantitative estimate of drug-likeness (QED) is 0.717. The molecule has 0 radical (unpaired) electrons. The molecule has 1 rings (SSSR count). The number of anilines is 1. The first-order valence-electron chi connectivity index (χ1n) is 3.51. The van der Waals surface area contributed by atoms with Crippen LogP contribution in [0.25, 0.3) is 0 Å². The molecule has 0 saturated carbocycles. The van der Waals surface area contributed by atoms with Crippen molar-refractivity contribution in [3.63, 3.8) is 0 Å². The summed E-state index contributed by atoms with van der Waals surface area (Å²) in [6.45, 7) is 3.27. The van der Waals surface area contributed by atoms with Crippen molar-refractivity contribution in [2.24, 2.45) is 0 Å². The largest absolute Gasteiger partial charge is 0.384 e. The minimum absolute atomic E-state index is 0.404. The fourth-order valence-corrected chi connectivity index (χ4v) is 1.33. The Labute approximate surface area is 74.3 Å². The summed E-state index contributed by atoms with van der Waals surface area (Å²) in [7, 11) is 0. The van der Waals surface area contributed by atoms with Crippen LogP contribution in [0, 0.1) is 6.92 Å². The van der Waals surface area contributed by atoms with E-state index in [4.69, 9.17) is 5.11 Å². The predicted octanol–water partition coefficient (Wildman–Crippen LogP) is 0.771.